The average Bonchev–Trinajstić information content (AvgIpc) is 3.12. The van der Waals surface area contributed by atoms with Crippen molar-refractivity contribution in [1.29, 1.82) is 0 Å². The smallest absolute Gasteiger partial charge is 0.311 e. The zero-order chi connectivity index (χ0) is 19.7. The predicted octanol–water partition coefficient (Wildman–Crippen LogP) is 7.66. The van der Waals surface area contributed by atoms with Gasteiger partial charge in [0, 0.05) is 9.74 Å². The van der Waals surface area contributed by atoms with Crippen LogP contribution in [0.2, 0.25) is 0 Å². The normalized spacial score (nSPS) is 10.9. The van der Waals surface area contributed by atoms with Gasteiger partial charge in [0.2, 0.25) is 0 Å². The Bertz CT molecular complexity index is 522. The van der Waals surface area contributed by atoms with E-state index in [0.717, 1.165) is 29.0 Å². The second-order valence-electron chi connectivity index (χ2n) is 7.43. The van der Waals surface area contributed by atoms with Crippen LogP contribution in [0, 0.1) is 0 Å². The minimum atomic E-state index is -0.196. The van der Waals surface area contributed by atoms with E-state index < -0.39 is 0 Å². The monoisotopic (exact) mass is 410 g/mol. The second-order valence-corrected chi connectivity index (χ2v) is 8.83. The van der Waals surface area contributed by atoms with Crippen LogP contribution in [0.4, 0.5) is 0 Å². The van der Waals surface area contributed by atoms with Gasteiger partial charge in [-0.1, -0.05) is 90.3 Å². The number of unbranched alkanes of at least 4 members (excludes halogenated alkanes) is 10. The number of thiophene rings is 1. The molecule has 4 heteroatoms. The third-order valence-corrected chi connectivity index (χ3v) is 6.35. The Labute approximate surface area is 176 Å². The molecule has 0 saturated carbocycles. The summed E-state index contributed by atoms with van der Waals surface area (Å²) in [5.74, 6) is -0.196. The summed E-state index contributed by atoms with van der Waals surface area (Å²) in [6.07, 6.45) is 17.0. The molecule has 0 aliphatic heterocycles. The van der Waals surface area contributed by atoms with E-state index in [4.69, 9.17) is 17.0 Å². The average molecular weight is 411 g/mol. The molecular formula is C23H38O2S2. The summed E-state index contributed by atoms with van der Waals surface area (Å²) in [4.78, 5) is 13.5. The van der Waals surface area contributed by atoms with E-state index in [2.05, 4.69) is 25.3 Å². The van der Waals surface area contributed by atoms with Crippen molar-refractivity contribution in [1.82, 2.24) is 0 Å². The number of rotatable bonds is 17. The van der Waals surface area contributed by atoms with E-state index in [-0.39, 0.29) is 12.4 Å². The van der Waals surface area contributed by atoms with Crippen LogP contribution in [0.15, 0.2) is 11.4 Å². The lowest BCUT2D eigenvalue weighted by Crippen LogP contribution is -2.10. The van der Waals surface area contributed by atoms with Crippen LogP contribution in [0.3, 0.4) is 0 Å². The molecule has 0 saturated heterocycles. The van der Waals surface area contributed by atoms with Gasteiger partial charge in [0.25, 0.3) is 0 Å². The van der Waals surface area contributed by atoms with Crippen LogP contribution >= 0.6 is 23.6 Å². The Morgan fingerprint density at radius 2 is 1.52 bits per heavy atom. The summed E-state index contributed by atoms with van der Waals surface area (Å²) in [5, 5.41) is 2.19. The van der Waals surface area contributed by atoms with Crippen molar-refractivity contribution in [3.05, 3.63) is 21.9 Å². The lowest BCUT2D eigenvalue weighted by atomic mass is 10.0. The Kier molecular flexibility index (Phi) is 14.6. The summed E-state index contributed by atoms with van der Waals surface area (Å²) < 4.78 is 5.20. The molecule has 1 heterocycles. The van der Waals surface area contributed by atoms with E-state index in [9.17, 15) is 4.79 Å². The molecule has 0 bridgehead atoms. The van der Waals surface area contributed by atoms with E-state index in [1.807, 2.05) is 0 Å². The summed E-state index contributed by atoms with van der Waals surface area (Å²) in [6, 6.07) is 2.17. The van der Waals surface area contributed by atoms with Crippen molar-refractivity contribution in [2.45, 2.75) is 104 Å². The number of thiocarbonyl (C=S) groups is 1. The number of ether oxygens (including phenoxy) is 1. The maximum Gasteiger partial charge on any atom is 0.311 e. The van der Waals surface area contributed by atoms with Gasteiger partial charge in [-0.3, -0.25) is 4.79 Å². The topological polar surface area (TPSA) is 26.3 Å². The Morgan fingerprint density at radius 3 is 2.15 bits per heavy atom. The number of carbonyl (C=O) groups excluding carboxylic acids is 1. The molecule has 2 nitrogen and oxygen atoms in total. The molecule has 0 atom stereocenters. The van der Waals surface area contributed by atoms with Gasteiger partial charge in [-0.05, 0) is 36.3 Å². The molecule has 0 aromatic carbocycles. The third kappa shape index (κ3) is 12.4. The lowest BCUT2D eigenvalue weighted by molar-refractivity contribution is -0.142. The second kappa shape index (κ2) is 16.2. The molecule has 0 aliphatic rings. The molecule has 0 spiro atoms. The molecule has 0 N–H and O–H groups in total. The van der Waals surface area contributed by atoms with Gasteiger partial charge < -0.3 is 4.74 Å². The molecule has 27 heavy (non-hydrogen) atoms. The maximum atomic E-state index is 11.8. The van der Waals surface area contributed by atoms with Gasteiger partial charge in [-0.2, -0.15) is 0 Å². The summed E-state index contributed by atoms with van der Waals surface area (Å²) in [7, 11) is 0. The minimum absolute atomic E-state index is 0.196. The van der Waals surface area contributed by atoms with Gasteiger partial charge in [-0.25, -0.2) is 0 Å². The molecule has 0 fully saturated rings. The predicted molar refractivity (Wildman–Crippen MR) is 122 cm³/mol. The highest BCUT2D eigenvalue weighted by atomic mass is 32.1. The van der Waals surface area contributed by atoms with Crippen LogP contribution in [0.1, 0.15) is 108 Å². The fourth-order valence-corrected chi connectivity index (χ4v) is 4.28. The van der Waals surface area contributed by atoms with Crippen LogP contribution in [-0.4, -0.2) is 17.4 Å². The molecule has 0 unspecified atom stereocenters. The van der Waals surface area contributed by atoms with E-state index in [1.54, 1.807) is 11.3 Å². The summed E-state index contributed by atoms with van der Waals surface area (Å²) in [6.45, 7) is 4.86. The Hall–Kier alpha value is -0.740. The Morgan fingerprint density at radius 1 is 0.926 bits per heavy atom. The first kappa shape index (κ1) is 24.3. The van der Waals surface area contributed by atoms with Crippen molar-refractivity contribution in [3.63, 3.8) is 0 Å². The molecule has 0 amide bonds. The zero-order valence-electron chi connectivity index (χ0n) is 17.4. The van der Waals surface area contributed by atoms with Gasteiger partial charge in [-0.15, -0.1) is 11.3 Å². The Balaban J connectivity index is 2.10. The highest BCUT2D eigenvalue weighted by Gasteiger charge is 2.11. The third-order valence-electron chi connectivity index (χ3n) is 4.81. The fourth-order valence-electron chi connectivity index (χ4n) is 3.07. The largest absolute Gasteiger partial charge is 0.465 e. The fraction of sp³-hybridized carbons (Fsp3) is 0.739. The number of hydrogen-bond acceptors (Lipinski definition) is 4. The van der Waals surface area contributed by atoms with E-state index in [1.165, 1.54) is 69.8 Å². The molecule has 154 valence electrons. The number of carbonyl (C=O) groups is 1. The van der Waals surface area contributed by atoms with Crippen LogP contribution in [-0.2, 0) is 16.0 Å². The highest BCUT2D eigenvalue weighted by molar-refractivity contribution is 7.81. The minimum Gasteiger partial charge on any atom is -0.465 e. The number of aryl methyl sites for hydroxylation is 1. The SMILES string of the molecule is CCCCCCCCCCCCc1csc(C(=S)CC(=O)OCCCC)c1. The summed E-state index contributed by atoms with van der Waals surface area (Å²) >= 11 is 7.08. The molecular weight excluding hydrogens is 372 g/mol. The maximum absolute atomic E-state index is 11.8. The molecule has 1 rings (SSSR count). The zero-order valence-corrected chi connectivity index (χ0v) is 19.0. The van der Waals surface area contributed by atoms with Crippen molar-refractivity contribution in [2.75, 3.05) is 6.61 Å². The van der Waals surface area contributed by atoms with Gasteiger partial charge >= 0.3 is 5.97 Å². The number of esters is 1. The summed E-state index contributed by atoms with van der Waals surface area (Å²) in [5.41, 5.74) is 1.36. The van der Waals surface area contributed by atoms with Crippen molar-refractivity contribution < 1.29 is 9.53 Å². The standard InChI is InChI=1S/C23H38O2S2/c1-3-5-7-8-9-10-11-12-13-14-15-20-17-22(27-19-20)21(26)18-23(24)25-16-6-4-2/h17,19H,3-16,18H2,1-2H3. The first-order valence-corrected chi connectivity index (χ1v) is 12.2. The van der Waals surface area contributed by atoms with E-state index in [0.29, 0.717) is 6.61 Å². The quantitative estimate of drug-likeness (QED) is 0.114. The first-order chi connectivity index (χ1) is 13.2. The van der Waals surface area contributed by atoms with Crippen molar-refractivity contribution in [3.8, 4) is 0 Å². The lowest BCUT2D eigenvalue weighted by Gasteiger charge is -2.04. The van der Waals surface area contributed by atoms with Crippen LogP contribution < -0.4 is 0 Å². The molecule has 0 aliphatic carbocycles. The van der Waals surface area contributed by atoms with E-state index >= 15 is 0 Å². The van der Waals surface area contributed by atoms with Crippen LogP contribution in [0.25, 0.3) is 0 Å². The van der Waals surface area contributed by atoms with Crippen molar-refractivity contribution in [2.24, 2.45) is 0 Å². The van der Waals surface area contributed by atoms with Crippen molar-refractivity contribution >= 4 is 34.4 Å². The number of hydrogen-bond donors (Lipinski definition) is 0. The highest BCUT2D eigenvalue weighted by Crippen LogP contribution is 2.20. The molecule has 0 radical (unpaired) electrons. The molecule has 1 aromatic heterocycles. The first-order valence-electron chi connectivity index (χ1n) is 10.9. The van der Waals surface area contributed by atoms with Gasteiger partial charge in [0.05, 0.1) is 13.0 Å². The van der Waals surface area contributed by atoms with Crippen LogP contribution in [0.5, 0.6) is 0 Å². The molecule has 1 aromatic rings. The van der Waals surface area contributed by atoms with Gasteiger partial charge in [0.15, 0.2) is 0 Å². The van der Waals surface area contributed by atoms with Gasteiger partial charge in [0.1, 0.15) is 0 Å².